The van der Waals surface area contributed by atoms with Crippen LogP contribution in [0, 0.1) is 29.1 Å². The molecule has 7 unspecified atom stereocenters. The minimum absolute atomic E-state index is 0.129. The summed E-state index contributed by atoms with van der Waals surface area (Å²) in [6, 6.07) is 3.06. The lowest BCUT2D eigenvalue weighted by Gasteiger charge is -2.33. The van der Waals surface area contributed by atoms with Gasteiger partial charge in [-0.3, -0.25) is 15.1 Å². The van der Waals surface area contributed by atoms with E-state index in [4.69, 9.17) is 4.84 Å². The topological polar surface area (TPSA) is 81.4 Å². The van der Waals surface area contributed by atoms with Gasteiger partial charge in [-0.2, -0.15) is 10.7 Å². The quantitative estimate of drug-likeness (QED) is 0.483. The number of hydrogen-bond acceptors (Lipinski definition) is 5. The molecule has 0 aromatic rings. The van der Waals surface area contributed by atoms with Gasteiger partial charge in [0.1, 0.15) is 12.2 Å². The zero-order chi connectivity index (χ0) is 19.5. The lowest BCUT2D eigenvalue weighted by Crippen LogP contribution is -3.15. The van der Waals surface area contributed by atoms with Crippen molar-refractivity contribution in [2.75, 3.05) is 33.7 Å². The monoisotopic (exact) mass is 392 g/mol. The van der Waals surface area contributed by atoms with Crippen molar-refractivity contribution < 1.29 is 15.1 Å². The molecule has 4 aliphatic rings. The Balaban J connectivity index is 1.27. The van der Waals surface area contributed by atoms with Crippen LogP contribution in [0.1, 0.15) is 51.4 Å². The second-order valence-corrected chi connectivity index (χ2v) is 9.86. The number of nitrogens with zero attached hydrogens (tertiary/aromatic N) is 2. The molecule has 0 bridgehead atoms. The van der Waals surface area contributed by atoms with Crippen LogP contribution in [-0.4, -0.2) is 63.2 Å². The van der Waals surface area contributed by atoms with Crippen LogP contribution in [0.3, 0.4) is 0 Å². The molecule has 4 rings (SSSR count). The molecule has 28 heavy (non-hydrogen) atoms. The smallest absolute Gasteiger partial charge is 0.183 e. The molecule has 0 spiro atoms. The van der Waals surface area contributed by atoms with E-state index >= 15 is 0 Å². The number of nitriles is 1. The molecule has 3 saturated heterocycles. The van der Waals surface area contributed by atoms with Crippen molar-refractivity contribution in [2.24, 2.45) is 17.8 Å². The second-order valence-electron chi connectivity index (χ2n) is 9.86. The second kappa shape index (κ2) is 9.38. The molecule has 4 fully saturated rings. The maximum absolute atomic E-state index is 9.29. The maximum Gasteiger partial charge on any atom is 0.183 e. The molecule has 7 heteroatoms. The molecular formula is C21H40N6O+2. The first-order valence-corrected chi connectivity index (χ1v) is 11.5. The van der Waals surface area contributed by atoms with Gasteiger partial charge in [-0.15, -0.1) is 0 Å². The number of piperidine rings is 1. The van der Waals surface area contributed by atoms with Gasteiger partial charge in [0.2, 0.25) is 0 Å². The van der Waals surface area contributed by atoms with Gasteiger partial charge in [-0.25, -0.2) is 0 Å². The number of likely N-dealkylation sites (tertiary alicyclic amines) is 1. The molecule has 3 heterocycles. The first-order chi connectivity index (χ1) is 13.6. The van der Waals surface area contributed by atoms with Crippen LogP contribution in [0.2, 0.25) is 0 Å². The highest BCUT2D eigenvalue weighted by molar-refractivity contribution is 4.88. The van der Waals surface area contributed by atoms with E-state index in [2.05, 4.69) is 41.2 Å². The van der Waals surface area contributed by atoms with Crippen molar-refractivity contribution >= 4 is 0 Å². The minimum Gasteiger partial charge on any atom is -0.331 e. The average molecular weight is 393 g/mol. The maximum atomic E-state index is 9.29. The fraction of sp³-hybridized carbons (Fsp3) is 0.952. The standard InChI is InChI=1S/C21H38N6O/c1-26(2)19-9-8-17(13-23-19)20-24-21(28-25-20)18-7-4-10-27(18)14-16-6-3-5-15(11-16)12-22/h15-21,23-25H,3-11,13-14H2,1-2H3/p+2/t15?,16?,17?,18-,19?,20?,21?/m1/s1. The predicted molar refractivity (Wildman–Crippen MR) is 107 cm³/mol. The Bertz CT molecular complexity index is 544. The third-order valence-electron chi connectivity index (χ3n) is 7.76. The number of rotatable bonds is 5. The van der Waals surface area contributed by atoms with Gasteiger partial charge in [-0.05, 0) is 39.8 Å². The average Bonchev–Trinajstić information content (AvgIpc) is 3.37. The van der Waals surface area contributed by atoms with E-state index in [0.29, 0.717) is 24.0 Å². The summed E-state index contributed by atoms with van der Waals surface area (Å²) in [7, 11) is 4.35. The van der Waals surface area contributed by atoms with Gasteiger partial charge in [0.25, 0.3) is 0 Å². The molecule has 0 radical (unpaired) electrons. The first-order valence-electron chi connectivity index (χ1n) is 11.5. The highest BCUT2D eigenvalue weighted by Gasteiger charge is 2.44. The Morgan fingerprint density at radius 3 is 2.82 bits per heavy atom. The number of nitrogens with one attached hydrogen (secondary N) is 3. The van der Waals surface area contributed by atoms with Crippen LogP contribution < -0.4 is 21.0 Å². The lowest BCUT2D eigenvalue weighted by molar-refractivity contribution is -0.919. The Kier molecular flexibility index (Phi) is 6.87. The van der Waals surface area contributed by atoms with E-state index in [1.165, 1.54) is 51.6 Å². The third kappa shape index (κ3) is 4.69. The molecule has 1 aliphatic carbocycles. The fourth-order valence-electron chi connectivity index (χ4n) is 6.07. The van der Waals surface area contributed by atoms with Crippen molar-refractivity contribution in [1.82, 2.24) is 15.7 Å². The molecule has 8 atom stereocenters. The van der Waals surface area contributed by atoms with E-state index in [0.717, 1.165) is 25.3 Å². The molecule has 0 aromatic heterocycles. The zero-order valence-electron chi connectivity index (χ0n) is 17.7. The summed E-state index contributed by atoms with van der Waals surface area (Å²) in [5, 5.41) is 15.6. The Labute approximate surface area is 170 Å². The number of hydroxylamine groups is 1. The SMILES string of the molecule is CN(C)C1CCC(C2NOC([C@H]3CCC[NH+]3CC3CCCC(C#N)C3)N2)C[NH2+]1. The van der Waals surface area contributed by atoms with Crippen LogP contribution in [0.4, 0.5) is 0 Å². The van der Waals surface area contributed by atoms with Gasteiger partial charge in [0, 0.05) is 37.0 Å². The van der Waals surface area contributed by atoms with Crippen molar-refractivity contribution in [3.63, 3.8) is 0 Å². The normalized spacial score (nSPS) is 44.6. The summed E-state index contributed by atoms with van der Waals surface area (Å²) in [4.78, 5) is 10.1. The van der Waals surface area contributed by atoms with Crippen LogP contribution in [0.25, 0.3) is 0 Å². The Morgan fingerprint density at radius 1 is 1.18 bits per heavy atom. The van der Waals surface area contributed by atoms with Gasteiger partial charge in [-0.1, -0.05) is 6.42 Å². The van der Waals surface area contributed by atoms with E-state index in [-0.39, 0.29) is 12.4 Å². The number of nitrogens with two attached hydrogens (primary N) is 1. The van der Waals surface area contributed by atoms with Gasteiger partial charge >= 0.3 is 0 Å². The summed E-state index contributed by atoms with van der Waals surface area (Å²) in [6.07, 6.45) is 10.8. The van der Waals surface area contributed by atoms with Crippen molar-refractivity contribution in [2.45, 2.75) is 76.0 Å². The Hall–Kier alpha value is -0.750. The molecule has 5 N–H and O–H groups in total. The van der Waals surface area contributed by atoms with Gasteiger partial charge in [0.05, 0.1) is 31.9 Å². The summed E-state index contributed by atoms with van der Waals surface area (Å²) in [5.74, 6) is 1.63. The number of hydrogen-bond donors (Lipinski definition) is 4. The molecule has 7 nitrogen and oxygen atoms in total. The highest BCUT2D eigenvalue weighted by atomic mass is 16.7. The van der Waals surface area contributed by atoms with Crippen molar-refractivity contribution in [3.8, 4) is 6.07 Å². The van der Waals surface area contributed by atoms with Crippen LogP contribution in [0.15, 0.2) is 0 Å². The van der Waals surface area contributed by atoms with Crippen molar-refractivity contribution in [1.29, 1.82) is 5.26 Å². The van der Waals surface area contributed by atoms with Crippen LogP contribution in [-0.2, 0) is 4.84 Å². The predicted octanol–water partition coefficient (Wildman–Crippen LogP) is -0.999. The van der Waals surface area contributed by atoms with Crippen LogP contribution in [0.5, 0.6) is 0 Å². The summed E-state index contributed by atoms with van der Waals surface area (Å²) in [6.45, 7) is 3.63. The van der Waals surface area contributed by atoms with E-state index in [9.17, 15) is 5.26 Å². The molecule has 3 aliphatic heterocycles. The first kappa shape index (κ1) is 20.5. The molecule has 0 aromatic carbocycles. The van der Waals surface area contributed by atoms with Gasteiger partial charge < -0.3 is 10.2 Å². The minimum atomic E-state index is 0.129. The highest BCUT2D eigenvalue weighted by Crippen LogP contribution is 2.28. The molecular weight excluding hydrogens is 352 g/mol. The molecule has 0 amide bonds. The van der Waals surface area contributed by atoms with Crippen molar-refractivity contribution in [3.05, 3.63) is 0 Å². The van der Waals surface area contributed by atoms with Crippen LogP contribution >= 0.6 is 0 Å². The molecule has 1 saturated carbocycles. The Morgan fingerprint density at radius 2 is 2.07 bits per heavy atom. The van der Waals surface area contributed by atoms with E-state index in [1.54, 1.807) is 4.90 Å². The lowest BCUT2D eigenvalue weighted by atomic mass is 9.82. The summed E-state index contributed by atoms with van der Waals surface area (Å²) in [5.41, 5.74) is 3.34. The summed E-state index contributed by atoms with van der Waals surface area (Å²) >= 11 is 0. The largest absolute Gasteiger partial charge is 0.331 e. The molecule has 158 valence electrons. The fourth-order valence-corrected chi connectivity index (χ4v) is 6.07. The van der Waals surface area contributed by atoms with E-state index < -0.39 is 0 Å². The number of quaternary nitrogens is 2. The van der Waals surface area contributed by atoms with E-state index in [1.807, 2.05) is 0 Å². The van der Waals surface area contributed by atoms with Gasteiger partial charge in [0.15, 0.2) is 6.23 Å². The summed E-state index contributed by atoms with van der Waals surface area (Å²) < 4.78 is 0. The zero-order valence-corrected chi connectivity index (χ0v) is 17.7. The third-order valence-corrected chi connectivity index (χ3v) is 7.76.